The number of hydrogen-bond donors (Lipinski definition) is 2. The minimum atomic E-state index is -0.213. The van der Waals surface area contributed by atoms with Gasteiger partial charge in [-0.1, -0.05) is 0 Å². The van der Waals surface area contributed by atoms with Gasteiger partial charge in [0.25, 0.3) is 11.8 Å². The van der Waals surface area contributed by atoms with Gasteiger partial charge in [0.15, 0.2) is 11.5 Å². The number of fused-ring (bicyclic) bond motifs is 1. The summed E-state index contributed by atoms with van der Waals surface area (Å²) in [5.74, 6) is 0.768. The molecular formula is C27H29N5O4S. The molecule has 3 aliphatic rings. The van der Waals surface area contributed by atoms with Crippen molar-refractivity contribution in [2.75, 3.05) is 55.5 Å². The smallest absolute Gasteiger partial charge is 0.265 e. The summed E-state index contributed by atoms with van der Waals surface area (Å²) in [6.07, 6.45) is 5.85. The SMILES string of the molecule is COc1cc2c(cc1OC)C(=O)N(c1ccc(C(=O)Nc3cnccc3N3CC4(CCNCC4)C3)s1)C2. The molecule has 1 aromatic carbocycles. The Kier molecular flexibility index (Phi) is 6.00. The highest BCUT2D eigenvalue weighted by molar-refractivity contribution is 7.18. The number of rotatable bonds is 6. The van der Waals surface area contributed by atoms with Gasteiger partial charge in [0.2, 0.25) is 0 Å². The second-order valence-corrected chi connectivity index (χ2v) is 10.9. The number of piperidine rings is 1. The zero-order chi connectivity index (χ0) is 25.6. The highest BCUT2D eigenvalue weighted by Gasteiger charge is 2.44. The van der Waals surface area contributed by atoms with Crippen molar-refractivity contribution in [3.05, 3.63) is 58.7 Å². The van der Waals surface area contributed by atoms with Crippen molar-refractivity contribution in [2.45, 2.75) is 19.4 Å². The summed E-state index contributed by atoms with van der Waals surface area (Å²) in [7, 11) is 3.12. The van der Waals surface area contributed by atoms with Crippen LogP contribution in [-0.2, 0) is 6.54 Å². The van der Waals surface area contributed by atoms with E-state index < -0.39 is 0 Å². The summed E-state index contributed by atoms with van der Waals surface area (Å²) in [4.78, 5) is 35.1. The van der Waals surface area contributed by atoms with Gasteiger partial charge >= 0.3 is 0 Å². The van der Waals surface area contributed by atoms with Crippen LogP contribution in [0, 0.1) is 5.41 Å². The van der Waals surface area contributed by atoms with E-state index in [-0.39, 0.29) is 11.8 Å². The first kappa shape index (κ1) is 23.7. The fraction of sp³-hybridized carbons (Fsp3) is 0.370. The Bertz CT molecular complexity index is 1360. The van der Waals surface area contributed by atoms with Crippen LogP contribution in [0.2, 0.25) is 0 Å². The normalized spacial score (nSPS) is 17.9. The number of aromatic nitrogens is 1. The largest absolute Gasteiger partial charge is 0.493 e. The van der Waals surface area contributed by atoms with Gasteiger partial charge < -0.3 is 25.0 Å². The molecule has 2 amide bonds. The summed E-state index contributed by atoms with van der Waals surface area (Å²) in [6, 6.07) is 9.09. The zero-order valence-electron chi connectivity index (χ0n) is 20.9. The van der Waals surface area contributed by atoms with Gasteiger partial charge in [-0.25, -0.2) is 0 Å². The minimum Gasteiger partial charge on any atom is -0.493 e. The lowest BCUT2D eigenvalue weighted by Gasteiger charge is -2.53. The highest BCUT2D eigenvalue weighted by atomic mass is 32.1. The van der Waals surface area contributed by atoms with Crippen LogP contribution in [0.4, 0.5) is 16.4 Å². The molecule has 0 saturated carbocycles. The Hall–Kier alpha value is -3.63. The zero-order valence-corrected chi connectivity index (χ0v) is 21.7. The van der Waals surface area contributed by atoms with Crippen LogP contribution in [0.5, 0.6) is 11.5 Å². The molecule has 9 nitrogen and oxygen atoms in total. The molecule has 0 bridgehead atoms. The van der Waals surface area contributed by atoms with Gasteiger partial charge in [0.05, 0.1) is 48.2 Å². The average molecular weight is 520 g/mol. The molecule has 2 N–H and O–H groups in total. The van der Waals surface area contributed by atoms with Crippen LogP contribution in [0.25, 0.3) is 0 Å². The van der Waals surface area contributed by atoms with E-state index >= 15 is 0 Å². The van der Waals surface area contributed by atoms with E-state index in [2.05, 4.69) is 20.5 Å². The van der Waals surface area contributed by atoms with Gasteiger partial charge in [-0.3, -0.25) is 19.5 Å². The summed E-state index contributed by atoms with van der Waals surface area (Å²) in [5.41, 5.74) is 3.53. The molecule has 5 heterocycles. The Balaban J connectivity index is 1.16. The van der Waals surface area contributed by atoms with Crippen molar-refractivity contribution in [3.8, 4) is 11.5 Å². The third-order valence-electron chi connectivity index (χ3n) is 7.60. The van der Waals surface area contributed by atoms with Gasteiger partial charge in [-0.2, -0.15) is 0 Å². The molecule has 0 radical (unpaired) electrons. The summed E-state index contributed by atoms with van der Waals surface area (Å²) >= 11 is 1.29. The van der Waals surface area contributed by atoms with Gasteiger partial charge in [-0.15, -0.1) is 11.3 Å². The Labute approximate surface area is 219 Å². The number of carbonyl (C=O) groups excluding carboxylic acids is 2. The number of anilines is 3. The lowest BCUT2D eigenvalue weighted by Crippen LogP contribution is -2.60. The molecule has 37 heavy (non-hydrogen) atoms. The molecule has 6 rings (SSSR count). The summed E-state index contributed by atoms with van der Waals surface area (Å²) < 4.78 is 10.7. The maximum atomic E-state index is 13.2. The minimum absolute atomic E-state index is 0.121. The molecule has 0 unspecified atom stereocenters. The molecule has 2 aromatic heterocycles. The number of benzene rings is 1. The molecule has 10 heteroatoms. The first-order chi connectivity index (χ1) is 18.0. The lowest BCUT2D eigenvalue weighted by atomic mass is 9.72. The average Bonchev–Trinajstić information content (AvgIpc) is 3.52. The van der Waals surface area contributed by atoms with Crippen LogP contribution >= 0.6 is 11.3 Å². The van der Waals surface area contributed by atoms with E-state index in [0.717, 1.165) is 37.4 Å². The number of pyridine rings is 1. The molecule has 0 aliphatic carbocycles. The third-order valence-corrected chi connectivity index (χ3v) is 8.71. The van der Waals surface area contributed by atoms with E-state index in [1.807, 2.05) is 18.2 Å². The molecule has 2 fully saturated rings. The number of amides is 2. The van der Waals surface area contributed by atoms with Crippen LogP contribution in [0.1, 0.15) is 38.4 Å². The number of nitrogens with one attached hydrogen (secondary N) is 2. The van der Waals surface area contributed by atoms with Crippen molar-refractivity contribution >= 4 is 39.5 Å². The highest BCUT2D eigenvalue weighted by Crippen LogP contribution is 2.43. The second kappa shape index (κ2) is 9.35. The van der Waals surface area contributed by atoms with Crippen LogP contribution in [0.3, 0.4) is 0 Å². The topological polar surface area (TPSA) is 96.0 Å². The number of nitrogens with zero attached hydrogens (tertiary/aromatic N) is 3. The molecule has 3 aromatic rings. The predicted molar refractivity (Wildman–Crippen MR) is 143 cm³/mol. The molecule has 2 saturated heterocycles. The molecule has 1 spiro atoms. The quantitative estimate of drug-likeness (QED) is 0.512. The van der Waals surface area contributed by atoms with Crippen LogP contribution in [-0.4, -0.2) is 57.2 Å². The van der Waals surface area contributed by atoms with Crippen molar-refractivity contribution in [1.82, 2.24) is 10.3 Å². The molecule has 3 aliphatic heterocycles. The van der Waals surface area contributed by atoms with Gasteiger partial charge in [0.1, 0.15) is 0 Å². The molecular weight excluding hydrogens is 490 g/mol. The van der Waals surface area contributed by atoms with Gasteiger partial charge in [-0.05, 0) is 61.8 Å². The summed E-state index contributed by atoms with van der Waals surface area (Å²) in [5, 5.41) is 7.20. The Morgan fingerprint density at radius 3 is 2.62 bits per heavy atom. The Morgan fingerprint density at radius 1 is 1.11 bits per heavy atom. The standard InChI is InChI=1S/C27H29N5O4S/c1-35-21-11-17-14-32(26(34)18(17)12-22(21)36-2)24-4-3-23(37-24)25(33)30-19-13-29-8-5-20(19)31-15-27(16-31)6-9-28-10-7-27/h3-5,8,11-13,28H,6-7,9-10,14-16H2,1-2H3,(H,30,33). The lowest BCUT2D eigenvalue weighted by molar-refractivity contribution is 0.0994. The van der Waals surface area contributed by atoms with Gasteiger partial charge in [0, 0.05) is 30.3 Å². The number of hydrogen-bond acceptors (Lipinski definition) is 8. The van der Waals surface area contributed by atoms with Crippen molar-refractivity contribution in [3.63, 3.8) is 0 Å². The van der Waals surface area contributed by atoms with E-state index in [0.29, 0.717) is 44.6 Å². The van der Waals surface area contributed by atoms with E-state index in [1.54, 1.807) is 43.6 Å². The molecule has 0 atom stereocenters. The second-order valence-electron chi connectivity index (χ2n) is 9.85. The monoisotopic (exact) mass is 519 g/mol. The van der Waals surface area contributed by atoms with Crippen molar-refractivity contribution in [2.24, 2.45) is 5.41 Å². The third kappa shape index (κ3) is 4.19. The maximum absolute atomic E-state index is 13.2. The Morgan fingerprint density at radius 2 is 1.86 bits per heavy atom. The summed E-state index contributed by atoms with van der Waals surface area (Å²) in [6.45, 7) is 4.55. The fourth-order valence-electron chi connectivity index (χ4n) is 5.56. The number of carbonyl (C=O) groups is 2. The van der Waals surface area contributed by atoms with Crippen LogP contribution < -0.4 is 29.9 Å². The van der Waals surface area contributed by atoms with Crippen LogP contribution in [0.15, 0.2) is 42.7 Å². The fourth-order valence-corrected chi connectivity index (χ4v) is 6.46. The predicted octanol–water partition coefficient (Wildman–Crippen LogP) is 3.76. The number of ether oxygens (including phenoxy) is 2. The maximum Gasteiger partial charge on any atom is 0.265 e. The number of thiophene rings is 1. The van der Waals surface area contributed by atoms with E-state index in [4.69, 9.17) is 9.47 Å². The van der Waals surface area contributed by atoms with Crippen molar-refractivity contribution < 1.29 is 19.1 Å². The number of methoxy groups -OCH3 is 2. The first-order valence-corrected chi connectivity index (χ1v) is 13.2. The molecule has 192 valence electrons. The first-order valence-electron chi connectivity index (χ1n) is 12.4. The van der Waals surface area contributed by atoms with E-state index in [9.17, 15) is 9.59 Å². The van der Waals surface area contributed by atoms with E-state index in [1.165, 1.54) is 24.2 Å². The van der Waals surface area contributed by atoms with Crippen molar-refractivity contribution in [1.29, 1.82) is 0 Å².